The van der Waals surface area contributed by atoms with Crippen LogP contribution in [0.1, 0.15) is 18.4 Å². The highest BCUT2D eigenvalue weighted by Gasteiger charge is 2.61. The van der Waals surface area contributed by atoms with Gasteiger partial charge in [-0.2, -0.15) is 13.4 Å². The standard InChI is InChI=1S/C20H22ClN4O2S/c1-28(26,27)25(19-23-16-7-6-14(21)12-17(16)24-19)13-20(8-10-22-11-9-20)15-4-2-3-5-18(15)25/h2-7,12,22H,8-11,13H2,1H3,(H,23,24)/q+1. The number of imidazole rings is 1. The lowest BCUT2D eigenvalue weighted by Crippen LogP contribution is -2.53. The van der Waals surface area contributed by atoms with Crippen LogP contribution in [-0.2, 0) is 15.4 Å². The van der Waals surface area contributed by atoms with Crippen LogP contribution in [0.2, 0.25) is 5.02 Å². The summed E-state index contributed by atoms with van der Waals surface area (Å²) in [6.07, 6.45) is 3.13. The fourth-order valence-electron chi connectivity index (χ4n) is 4.94. The number of halogens is 1. The van der Waals surface area contributed by atoms with Gasteiger partial charge in [-0.1, -0.05) is 29.8 Å². The molecule has 0 aliphatic carbocycles. The first-order chi connectivity index (χ1) is 13.4. The lowest BCUT2D eigenvalue weighted by atomic mass is 9.75. The van der Waals surface area contributed by atoms with E-state index in [1.807, 2.05) is 24.3 Å². The molecule has 2 aliphatic heterocycles. The van der Waals surface area contributed by atoms with E-state index in [0.717, 1.165) is 42.7 Å². The molecule has 5 rings (SSSR count). The molecule has 0 radical (unpaired) electrons. The largest absolute Gasteiger partial charge is 0.328 e. The highest BCUT2D eigenvalue weighted by Crippen LogP contribution is 2.54. The van der Waals surface area contributed by atoms with Gasteiger partial charge < -0.3 is 5.32 Å². The van der Waals surface area contributed by atoms with E-state index < -0.39 is 10.0 Å². The summed E-state index contributed by atoms with van der Waals surface area (Å²) in [5, 5.41) is 3.98. The molecule has 1 unspecified atom stereocenters. The number of nitrogens with zero attached hydrogens (tertiary/aromatic N) is 2. The van der Waals surface area contributed by atoms with E-state index in [9.17, 15) is 8.42 Å². The Morgan fingerprint density at radius 2 is 1.89 bits per heavy atom. The highest BCUT2D eigenvalue weighted by atomic mass is 35.5. The Bertz CT molecular complexity index is 1180. The van der Waals surface area contributed by atoms with Crippen molar-refractivity contribution in [3.05, 3.63) is 53.1 Å². The molecule has 1 saturated heterocycles. The number of benzene rings is 2. The minimum absolute atomic E-state index is 0.179. The fourth-order valence-corrected chi connectivity index (χ4v) is 6.51. The van der Waals surface area contributed by atoms with Gasteiger partial charge in [-0.25, -0.2) is 0 Å². The average Bonchev–Trinajstić information content (AvgIpc) is 3.20. The number of sulfonamides is 1. The van der Waals surface area contributed by atoms with Crippen LogP contribution in [0.25, 0.3) is 11.0 Å². The quantitative estimate of drug-likeness (QED) is 0.626. The average molecular weight is 418 g/mol. The van der Waals surface area contributed by atoms with Crippen molar-refractivity contribution in [3.8, 4) is 0 Å². The number of para-hydroxylation sites is 1. The second kappa shape index (κ2) is 6.03. The zero-order chi connectivity index (χ0) is 19.6. The number of nitrogens with one attached hydrogen (secondary N) is 2. The monoisotopic (exact) mass is 417 g/mol. The van der Waals surface area contributed by atoms with Crippen LogP contribution >= 0.6 is 11.6 Å². The van der Waals surface area contributed by atoms with E-state index in [1.54, 1.807) is 12.1 Å². The van der Waals surface area contributed by atoms with Crippen molar-refractivity contribution in [2.45, 2.75) is 18.3 Å². The summed E-state index contributed by atoms with van der Waals surface area (Å²) in [7, 11) is -3.57. The molecule has 0 bridgehead atoms. The topological polar surface area (TPSA) is 74.8 Å². The molecule has 146 valence electrons. The lowest BCUT2D eigenvalue weighted by Gasteiger charge is -2.35. The zero-order valence-electron chi connectivity index (χ0n) is 15.6. The Hall–Kier alpha value is -1.93. The maximum Gasteiger partial charge on any atom is 0.328 e. The van der Waals surface area contributed by atoms with Crippen LogP contribution < -0.4 is 9.21 Å². The molecule has 2 aromatic carbocycles. The predicted octanol–water partition coefficient (Wildman–Crippen LogP) is 3.45. The van der Waals surface area contributed by atoms with Crippen molar-refractivity contribution >= 4 is 44.3 Å². The summed E-state index contributed by atoms with van der Waals surface area (Å²) in [5.74, 6) is 0.433. The van der Waals surface area contributed by atoms with Gasteiger partial charge in [0, 0.05) is 16.7 Å². The Morgan fingerprint density at radius 3 is 2.64 bits per heavy atom. The summed E-state index contributed by atoms with van der Waals surface area (Å²) in [6.45, 7) is 2.22. The molecule has 0 amide bonds. The van der Waals surface area contributed by atoms with Gasteiger partial charge >= 0.3 is 16.0 Å². The molecular formula is C20H22ClN4O2S+. The molecule has 1 aromatic heterocycles. The molecular weight excluding hydrogens is 396 g/mol. The SMILES string of the molecule is CS(=O)(=O)[N+]1(c2nc3cc(Cl)ccc3[nH]2)CC2(CCNCC2)c2ccccc21. The summed E-state index contributed by atoms with van der Waals surface area (Å²) >= 11 is 6.13. The van der Waals surface area contributed by atoms with Gasteiger partial charge in [-0.05, 0) is 44.1 Å². The van der Waals surface area contributed by atoms with Gasteiger partial charge in [0.05, 0.1) is 22.7 Å². The molecule has 3 aromatic rings. The Kier molecular flexibility index (Phi) is 3.90. The Labute approximate surface area is 169 Å². The van der Waals surface area contributed by atoms with Crippen LogP contribution in [0.15, 0.2) is 42.5 Å². The van der Waals surface area contributed by atoms with Gasteiger partial charge in [0.25, 0.3) is 0 Å². The normalized spacial score (nSPS) is 23.9. The minimum Gasteiger partial charge on any atom is -0.317 e. The highest BCUT2D eigenvalue weighted by molar-refractivity contribution is 7.90. The molecule has 2 aliphatic rings. The third-order valence-corrected chi connectivity index (χ3v) is 8.16. The van der Waals surface area contributed by atoms with Crippen LogP contribution in [0.3, 0.4) is 0 Å². The van der Waals surface area contributed by atoms with Crippen LogP contribution in [-0.4, -0.2) is 44.3 Å². The van der Waals surface area contributed by atoms with Gasteiger partial charge in [0.1, 0.15) is 6.54 Å². The number of fused-ring (bicyclic) bond motifs is 3. The molecule has 2 N–H and O–H groups in total. The first-order valence-corrected chi connectivity index (χ1v) is 11.6. The summed E-state index contributed by atoms with van der Waals surface area (Å²) in [5.41, 5.74) is 3.20. The fraction of sp³-hybridized carbons (Fsp3) is 0.350. The van der Waals surface area contributed by atoms with E-state index in [-0.39, 0.29) is 9.30 Å². The van der Waals surface area contributed by atoms with E-state index in [2.05, 4.69) is 16.4 Å². The molecule has 1 fully saturated rings. The van der Waals surface area contributed by atoms with E-state index in [1.165, 1.54) is 6.26 Å². The number of piperidine rings is 1. The van der Waals surface area contributed by atoms with Crippen molar-refractivity contribution in [1.29, 1.82) is 0 Å². The second-order valence-corrected chi connectivity index (χ2v) is 10.4. The number of H-pyrrole nitrogens is 1. The van der Waals surface area contributed by atoms with Crippen LogP contribution in [0, 0.1) is 0 Å². The third-order valence-electron chi connectivity index (χ3n) is 6.29. The molecule has 28 heavy (non-hydrogen) atoms. The molecule has 8 heteroatoms. The number of quaternary nitrogens is 1. The number of rotatable bonds is 2. The Balaban J connectivity index is 1.81. The number of hydrogen-bond acceptors (Lipinski definition) is 4. The van der Waals surface area contributed by atoms with E-state index >= 15 is 0 Å². The molecule has 6 nitrogen and oxygen atoms in total. The number of aromatic nitrogens is 2. The molecule has 0 saturated carbocycles. The van der Waals surface area contributed by atoms with Crippen molar-refractivity contribution in [3.63, 3.8) is 0 Å². The maximum absolute atomic E-state index is 13.4. The molecule has 1 atom stereocenters. The van der Waals surface area contributed by atoms with Crippen LogP contribution in [0.4, 0.5) is 11.6 Å². The van der Waals surface area contributed by atoms with Crippen molar-refractivity contribution < 1.29 is 8.42 Å². The van der Waals surface area contributed by atoms with E-state index in [4.69, 9.17) is 16.6 Å². The van der Waals surface area contributed by atoms with Gasteiger partial charge in [0.2, 0.25) is 0 Å². The summed E-state index contributed by atoms with van der Waals surface area (Å²) in [4.78, 5) is 7.99. The summed E-state index contributed by atoms with van der Waals surface area (Å²) in [6, 6.07) is 13.3. The van der Waals surface area contributed by atoms with Gasteiger partial charge in [-0.15, -0.1) is 3.89 Å². The predicted molar refractivity (Wildman–Crippen MR) is 112 cm³/mol. The zero-order valence-corrected chi connectivity index (χ0v) is 17.1. The first-order valence-electron chi connectivity index (χ1n) is 9.41. The lowest BCUT2D eigenvalue weighted by molar-refractivity contribution is 0.294. The third kappa shape index (κ3) is 2.40. The number of aromatic amines is 1. The smallest absolute Gasteiger partial charge is 0.317 e. The maximum atomic E-state index is 13.4. The van der Waals surface area contributed by atoms with E-state index in [0.29, 0.717) is 23.0 Å². The van der Waals surface area contributed by atoms with Crippen molar-refractivity contribution in [2.24, 2.45) is 0 Å². The van der Waals surface area contributed by atoms with Crippen molar-refractivity contribution in [1.82, 2.24) is 19.2 Å². The first kappa shape index (κ1) is 18.1. The number of hydrogen-bond donors (Lipinski definition) is 2. The van der Waals surface area contributed by atoms with Gasteiger partial charge in [0.15, 0.2) is 5.69 Å². The van der Waals surface area contributed by atoms with Crippen molar-refractivity contribution in [2.75, 3.05) is 25.9 Å². The second-order valence-electron chi connectivity index (χ2n) is 7.90. The van der Waals surface area contributed by atoms with Gasteiger partial charge in [-0.3, -0.25) is 4.98 Å². The summed E-state index contributed by atoms with van der Waals surface area (Å²) < 4.78 is 26.4. The minimum atomic E-state index is -3.57. The molecule has 3 heterocycles. The molecule has 1 spiro atoms. The van der Waals surface area contributed by atoms with Crippen LogP contribution in [0.5, 0.6) is 0 Å². The Morgan fingerprint density at radius 1 is 1.14 bits per heavy atom.